The lowest BCUT2D eigenvalue weighted by Crippen LogP contribution is -2.52. The van der Waals surface area contributed by atoms with Gasteiger partial charge in [0.2, 0.25) is 11.8 Å². The molecule has 5 rings (SSSR count). The molecule has 3 atom stereocenters. The Morgan fingerprint density at radius 1 is 1.23 bits per heavy atom. The van der Waals surface area contributed by atoms with Gasteiger partial charge < -0.3 is 10.6 Å². The minimum atomic E-state index is -3.05. The van der Waals surface area contributed by atoms with Crippen LogP contribution in [0.25, 0.3) is 0 Å². The molecule has 3 amide bonds. The van der Waals surface area contributed by atoms with Crippen LogP contribution in [0.3, 0.4) is 0 Å². The van der Waals surface area contributed by atoms with Crippen LogP contribution in [-0.2, 0) is 32.5 Å². The summed E-state index contributed by atoms with van der Waals surface area (Å²) in [4.78, 5) is 40.8. The van der Waals surface area contributed by atoms with Gasteiger partial charge in [0.15, 0.2) is 9.84 Å². The Bertz CT molecular complexity index is 1090. The van der Waals surface area contributed by atoms with Gasteiger partial charge in [0.25, 0.3) is 5.91 Å². The Morgan fingerprint density at radius 3 is 2.74 bits per heavy atom. The molecule has 4 aliphatic heterocycles. The molecule has 10 heteroatoms. The van der Waals surface area contributed by atoms with Gasteiger partial charge in [0.05, 0.1) is 11.5 Å². The predicted molar refractivity (Wildman–Crippen MR) is 111 cm³/mol. The topological polar surface area (TPSA) is 130 Å². The standard InChI is InChI=1S/C21H26N4O5S/c22-10-21-11-24(8-15(21)9-31(29,30)12-21)6-13-2-1-3-14-7-25(20(28)18(13)14)16-4-5-17(26)23-19(16)27/h1-3,15-16H,4-12,22H2,(H,23,26,27)/t15-,16?,21+/m0/s1. The zero-order valence-electron chi connectivity index (χ0n) is 17.2. The van der Waals surface area contributed by atoms with Crippen molar-refractivity contribution in [2.45, 2.75) is 32.0 Å². The zero-order valence-corrected chi connectivity index (χ0v) is 18.0. The first kappa shape index (κ1) is 20.6. The number of nitrogens with one attached hydrogen (secondary N) is 1. The molecule has 3 fully saturated rings. The first-order valence-corrected chi connectivity index (χ1v) is 12.4. The number of hydrogen-bond donors (Lipinski definition) is 2. The Labute approximate surface area is 180 Å². The summed E-state index contributed by atoms with van der Waals surface area (Å²) < 4.78 is 24.2. The van der Waals surface area contributed by atoms with Crippen LogP contribution in [0.5, 0.6) is 0 Å². The average molecular weight is 447 g/mol. The quantitative estimate of drug-likeness (QED) is 0.582. The Balaban J connectivity index is 1.36. The summed E-state index contributed by atoms with van der Waals surface area (Å²) >= 11 is 0. The number of rotatable bonds is 4. The van der Waals surface area contributed by atoms with Crippen molar-refractivity contribution >= 4 is 27.6 Å². The molecule has 3 saturated heterocycles. The number of fused-ring (bicyclic) bond motifs is 2. The number of piperidine rings is 1. The summed E-state index contributed by atoms with van der Waals surface area (Å²) in [6.07, 6.45) is 0.559. The molecule has 166 valence electrons. The van der Waals surface area contributed by atoms with Crippen LogP contribution in [0.15, 0.2) is 18.2 Å². The Hall–Kier alpha value is -2.30. The SMILES string of the molecule is NC[C@]12CN(Cc3cccc4c3C(=O)N(C3CCC(=O)NC3=O)C4)C[C@H]1CS(=O)(=O)C2. The highest BCUT2D eigenvalue weighted by Crippen LogP contribution is 2.44. The average Bonchev–Trinajstić information content (AvgIpc) is 3.27. The highest BCUT2D eigenvalue weighted by Gasteiger charge is 2.54. The first-order valence-electron chi connectivity index (χ1n) is 10.6. The largest absolute Gasteiger partial charge is 0.330 e. The van der Waals surface area contributed by atoms with Crippen LogP contribution in [0.4, 0.5) is 0 Å². The second-order valence-electron chi connectivity index (χ2n) is 9.34. The third-order valence-corrected chi connectivity index (χ3v) is 9.21. The van der Waals surface area contributed by atoms with Crippen LogP contribution >= 0.6 is 0 Å². The van der Waals surface area contributed by atoms with Crippen LogP contribution in [0.1, 0.15) is 34.3 Å². The van der Waals surface area contributed by atoms with E-state index in [1.54, 1.807) is 4.90 Å². The molecule has 0 aromatic heterocycles. The second kappa shape index (κ2) is 7.11. The fraction of sp³-hybridized carbons (Fsp3) is 0.571. The predicted octanol–water partition coefficient (Wildman–Crippen LogP) is -0.747. The minimum Gasteiger partial charge on any atom is -0.330 e. The van der Waals surface area contributed by atoms with Crippen molar-refractivity contribution in [3.05, 3.63) is 34.9 Å². The van der Waals surface area contributed by atoms with E-state index in [1.807, 2.05) is 18.2 Å². The first-order chi connectivity index (χ1) is 14.7. The maximum atomic E-state index is 13.3. The van der Waals surface area contributed by atoms with Gasteiger partial charge in [-0.25, -0.2) is 8.42 Å². The van der Waals surface area contributed by atoms with E-state index in [9.17, 15) is 22.8 Å². The highest BCUT2D eigenvalue weighted by molar-refractivity contribution is 7.91. The Kier molecular flexibility index (Phi) is 4.72. The van der Waals surface area contributed by atoms with Gasteiger partial charge in [-0.15, -0.1) is 0 Å². The molecular formula is C21H26N4O5S. The molecular weight excluding hydrogens is 420 g/mol. The number of imide groups is 1. The van der Waals surface area contributed by atoms with Gasteiger partial charge in [-0.1, -0.05) is 18.2 Å². The highest BCUT2D eigenvalue weighted by atomic mass is 32.2. The van der Waals surface area contributed by atoms with Gasteiger partial charge in [-0.3, -0.25) is 24.6 Å². The molecule has 3 N–H and O–H groups in total. The summed E-state index contributed by atoms with van der Waals surface area (Å²) in [5.74, 6) is -0.577. The molecule has 0 bridgehead atoms. The molecule has 0 saturated carbocycles. The molecule has 0 aliphatic carbocycles. The lowest BCUT2D eigenvalue weighted by Gasteiger charge is -2.29. The van der Waals surface area contributed by atoms with Crippen molar-refractivity contribution in [1.82, 2.24) is 15.1 Å². The van der Waals surface area contributed by atoms with Crippen molar-refractivity contribution in [1.29, 1.82) is 0 Å². The van der Waals surface area contributed by atoms with Crippen LogP contribution in [0.2, 0.25) is 0 Å². The maximum Gasteiger partial charge on any atom is 0.255 e. The van der Waals surface area contributed by atoms with Crippen LogP contribution < -0.4 is 11.1 Å². The molecule has 9 nitrogen and oxygen atoms in total. The lowest BCUT2D eigenvalue weighted by molar-refractivity contribution is -0.136. The maximum absolute atomic E-state index is 13.3. The number of amides is 3. The van der Waals surface area contributed by atoms with Gasteiger partial charge in [-0.2, -0.15) is 0 Å². The van der Waals surface area contributed by atoms with Crippen molar-refractivity contribution in [2.75, 3.05) is 31.1 Å². The summed E-state index contributed by atoms with van der Waals surface area (Å²) in [7, 11) is -3.05. The number of sulfone groups is 1. The zero-order chi connectivity index (χ0) is 22.0. The fourth-order valence-electron chi connectivity index (χ4n) is 5.81. The Morgan fingerprint density at radius 2 is 2.03 bits per heavy atom. The molecule has 1 unspecified atom stereocenters. The van der Waals surface area contributed by atoms with Gasteiger partial charge in [0.1, 0.15) is 6.04 Å². The van der Waals surface area contributed by atoms with Crippen molar-refractivity contribution in [3.8, 4) is 0 Å². The molecule has 1 aromatic carbocycles. The third-order valence-electron chi connectivity index (χ3n) is 7.28. The van der Waals surface area contributed by atoms with E-state index < -0.39 is 27.2 Å². The lowest BCUT2D eigenvalue weighted by atomic mass is 9.81. The summed E-state index contributed by atoms with van der Waals surface area (Å²) in [6.45, 7) is 2.47. The minimum absolute atomic E-state index is 0.0231. The summed E-state index contributed by atoms with van der Waals surface area (Å²) in [6, 6.07) is 5.09. The summed E-state index contributed by atoms with van der Waals surface area (Å²) in [5, 5.41) is 2.33. The van der Waals surface area contributed by atoms with E-state index in [0.717, 1.165) is 11.1 Å². The van der Waals surface area contributed by atoms with E-state index in [4.69, 9.17) is 5.73 Å². The third kappa shape index (κ3) is 3.37. The smallest absolute Gasteiger partial charge is 0.255 e. The van der Waals surface area contributed by atoms with Crippen molar-refractivity contribution in [2.24, 2.45) is 17.1 Å². The number of benzene rings is 1. The van der Waals surface area contributed by atoms with Gasteiger partial charge in [0, 0.05) is 50.1 Å². The normalized spacial score (nSPS) is 32.3. The molecule has 31 heavy (non-hydrogen) atoms. The fourth-order valence-corrected chi connectivity index (χ4v) is 8.32. The second-order valence-corrected chi connectivity index (χ2v) is 11.4. The van der Waals surface area contributed by atoms with E-state index in [1.165, 1.54) is 0 Å². The van der Waals surface area contributed by atoms with E-state index >= 15 is 0 Å². The van der Waals surface area contributed by atoms with Crippen molar-refractivity contribution < 1.29 is 22.8 Å². The number of nitrogens with two attached hydrogens (primary N) is 1. The van der Waals surface area contributed by atoms with E-state index in [0.29, 0.717) is 44.7 Å². The van der Waals surface area contributed by atoms with Gasteiger partial charge >= 0.3 is 0 Å². The molecule has 0 radical (unpaired) electrons. The number of carbonyl (C=O) groups is 3. The van der Waals surface area contributed by atoms with Gasteiger partial charge in [-0.05, 0) is 23.5 Å². The monoisotopic (exact) mass is 446 g/mol. The van der Waals surface area contributed by atoms with Crippen LogP contribution in [-0.4, -0.2) is 73.1 Å². The number of likely N-dealkylation sites (tertiary alicyclic amines) is 1. The molecule has 4 aliphatic rings. The van der Waals surface area contributed by atoms with Crippen LogP contribution in [0, 0.1) is 11.3 Å². The van der Waals surface area contributed by atoms with E-state index in [2.05, 4.69) is 10.2 Å². The summed E-state index contributed by atoms with van der Waals surface area (Å²) in [5.41, 5.74) is 7.99. The number of carbonyl (C=O) groups excluding carboxylic acids is 3. The van der Waals surface area contributed by atoms with Crippen molar-refractivity contribution in [3.63, 3.8) is 0 Å². The molecule has 0 spiro atoms. The van der Waals surface area contributed by atoms with E-state index in [-0.39, 0.29) is 35.7 Å². The molecule has 4 heterocycles. The molecule has 1 aromatic rings. The number of nitrogens with zero attached hydrogens (tertiary/aromatic N) is 2. The number of hydrogen-bond acceptors (Lipinski definition) is 7.